The molecule has 0 aromatic heterocycles. The van der Waals surface area contributed by atoms with Gasteiger partial charge in [-0.25, -0.2) is 4.79 Å². The molecule has 2 aromatic rings. The van der Waals surface area contributed by atoms with Crippen molar-refractivity contribution in [2.24, 2.45) is 10.9 Å². The number of nitrogens with two attached hydrogens (primary N) is 1. The summed E-state index contributed by atoms with van der Waals surface area (Å²) in [7, 11) is 2.84. The Morgan fingerprint density at radius 3 is 2.48 bits per heavy atom. The van der Waals surface area contributed by atoms with E-state index in [9.17, 15) is 4.79 Å². The maximum absolute atomic E-state index is 12.1. The summed E-state index contributed by atoms with van der Waals surface area (Å²) in [4.78, 5) is 12.1. The van der Waals surface area contributed by atoms with E-state index in [1.54, 1.807) is 30.3 Å². The van der Waals surface area contributed by atoms with E-state index in [0.717, 1.165) is 5.56 Å². The molecule has 6 nitrogen and oxygen atoms in total. The monoisotopic (exact) mass is 314 g/mol. The molecule has 0 amide bonds. The Morgan fingerprint density at radius 2 is 1.87 bits per heavy atom. The molecule has 2 rings (SSSR count). The third-order valence-electron chi connectivity index (χ3n) is 3.17. The predicted octanol–water partition coefficient (Wildman–Crippen LogP) is 2.28. The molecule has 0 saturated heterocycles. The molecule has 6 heteroatoms. The van der Waals surface area contributed by atoms with Crippen LogP contribution in [0.2, 0.25) is 0 Å². The number of ether oxygens (including phenoxy) is 3. The van der Waals surface area contributed by atoms with Gasteiger partial charge in [-0.3, -0.25) is 0 Å². The molecule has 0 fully saturated rings. The molecule has 0 saturated carbocycles. The number of hydrazone groups is 1. The van der Waals surface area contributed by atoms with Crippen LogP contribution in [0.5, 0.6) is 11.5 Å². The van der Waals surface area contributed by atoms with Crippen LogP contribution < -0.4 is 15.3 Å². The smallest absolute Gasteiger partial charge is 0.351 e. The Labute approximate surface area is 134 Å². The number of rotatable bonds is 6. The maximum atomic E-state index is 12.1. The minimum Gasteiger partial charge on any atom is -0.493 e. The summed E-state index contributed by atoms with van der Waals surface area (Å²) in [5, 5.41) is 3.48. The fourth-order valence-corrected chi connectivity index (χ4v) is 2.07. The molecule has 0 spiro atoms. The predicted molar refractivity (Wildman–Crippen MR) is 86.6 cm³/mol. The van der Waals surface area contributed by atoms with Gasteiger partial charge in [-0.15, -0.1) is 0 Å². The van der Waals surface area contributed by atoms with Crippen molar-refractivity contribution in [2.45, 2.75) is 6.10 Å². The Balaban J connectivity index is 2.39. The molecule has 0 aliphatic heterocycles. The highest BCUT2D eigenvalue weighted by molar-refractivity contribution is 5.81. The Bertz CT molecular complexity index is 686. The first-order chi connectivity index (χ1) is 11.2. The first-order valence-electron chi connectivity index (χ1n) is 6.90. The van der Waals surface area contributed by atoms with Gasteiger partial charge < -0.3 is 20.1 Å². The second kappa shape index (κ2) is 7.84. The summed E-state index contributed by atoms with van der Waals surface area (Å²) in [6, 6.07) is 14.3. The van der Waals surface area contributed by atoms with E-state index in [1.807, 2.05) is 18.2 Å². The fourth-order valence-electron chi connectivity index (χ4n) is 2.07. The molecule has 120 valence electrons. The topological polar surface area (TPSA) is 83.1 Å². The van der Waals surface area contributed by atoms with E-state index in [4.69, 9.17) is 20.1 Å². The first kappa shape index (κ1) is 16.4. The zero-order chi connectivity index (χ0) is 16.7. The lowest BCUT2D eigenvalue weighted by atomic mass is 10.1. The Kier molecular flexibility index (Phi) is 5.57. The molecule has 23 heavy (non-hydrogen) atoms. The molecular formula is C17H18N2O4. The summed E-state index contributed by atoms with van der Waals surface area (Å²) >= 11 is 0. The van der Waals surface area contributed by atoms with Crippen molar-refractivity contribution < 1.29 is 19.0 Å². The SMILES string of the molecule is COC(=O)C(Oc1cc(C=NN)ccc1OC)c1ccccc1. The second-order valence-corrected chi connectivity index (χ2v) is 4.62. The number of nitrogens with zero attached hydrogens (tertiary/aromatic N) is 1. The summed E-state index contributed by atoms with van der Waals surface area (Å²) in [6.07, 6.45) is 0.572. The van der Waals surface area contributed by atoms with Gasteiger partial charge in [0.25, 0.3) is 0 Å². The highest BCUT2D eigenvalue weighted by Crippen LogP contribution is 2.32. The van der Waals surface area contributed by atoms with Crippen LogP contribution in [-0.4, -0.2) is 26.4 Å². The van der Waals surface area contributed by atoms with Gasteiger partial charge in [-0.1, -0.05) is 30.3 Å². The summed E-state index contributed by atoms with van der Waals surface area (Å²) in [5.41, 5.74) is 1.40. The molecule has 0 heterocycles. The van der Waals surface area contributed by atoms with Crippen LogP contribution in [0.4, 0.5) is 0 Å². The lowest BCUT2D eigenvalue weighted by Gasteiger charge is -2.19. The lowest BCUT2D eigenvalue weighted by molar-refractivity contribution is -0.149. The van der Waals surface area contributed by atoms with E-state index in [1.165, 1.54) is 20.4 Å². The van der Waals surface area contributed by atoms with Crippen LogP contribution in [0.15, 0.2) is 53.6 Å². The van der Waals surface area contributed by atoms with E-state index >= 15 is 0 Å². The van der Waals surface area contributed by atoms with Crippen LogP contribution in [-0.2, 0) is 9.53 Å². The highest BCUT2D eigenvalue weighted by Gasteiger charge is 2.24. The summed E-state index contributed by atoms with van der Waals surface area (Å²) < 4.78 is 16.0. The van der Waals surface area contributed by atoms with Gasteiger partial charge in [-0.05, 0) is 23.8 Å². The van der Waals surface area contributed by atoms with Crippen molar-refractivity contribution >= 4 is 12.2 Å². The molecule has 2 N–H and O–H groups in total. The average Bonchev–Trinajstić information content (AvgIpc) is 2.60. The number of hydrogen-bond acceptors (Lipinski definition) is 6. The van der Waals surface area contributed by atoms with Crippen molar-refractivity contribution in [3.8, 4) is 11.5 Å². The van der Waals surface area contributed by atoms with Gasteiger partial charge >= 0.3 is 5.97 Å². The van der Waals surface area contributed by atoms with Crippen molar-refractivity contribution in [3.05, 3.63) is 59.7 Å². The zero-order valence-electron chi connectivity index (χ0n) is 12.9. The molecule has 0 aliphatic carbocycles. The molecular weight excluding hydrogens is 296 g/mol. The number of carbonyl (C=O) groups is 1. The second-order valence-electron chi connectivity index (χ2n) is 4.62. The lowest BCUT2D eigenvalue weighted by Crippen LogP contribution is -2.20. The number of methoxy groups -OCH3 is 2. The quantitative estimate of drug-likeness (QED) is 0.383. The zero-order valence-corrected chi connectivity index (χ0v) is 12.9. The molecule has 1 unspecified atom stereocenters. The first-order valence-corrected chi connectivity index (χ1v) is 6.90. The standard InChI is InChI=1S/C17H18N2O4/c1-21-14-9-8-12(11-19-18)10-15(14)23-16(17(20)22-2)13-6-4-3-5-7-13/h3-11,16H,18H2,1-2H3. The number of carbonyl (C=O) groups excluding carboxylic acids is 1. The van der Waals surface area contributed by atoms with Crippen molar-refractivity contribution in [1.82, 2.24) is 0 Å². The molecule has 0 bridgehead atoms. The summed E-state index contributed by atoms with van der Waals surface area (Å²) in [6.45, 7) is 0. The third-order valence-corrected chi connectivity index (χ3v) is 3.17. The summed E-state index contributed by atoms with van der Waals surface area (Å²) in [5.74, 6) is 5.55. The number of esters is 1. The molecule has 0 aliphatic rings. The van der Waals surface area contributed by atoms with E-state index in [-0.39, 0.29) is 0 Å². The van der Waals surface area contributed by atoms with Crippen LogP contribution >= 0.6 is 0 Å². The maximum Gasteiger partial charge on any atom is 0.351 e. The Morgan fingerprint density at radius 1 is 1.13 bits per heavy atom. The van der Waals surface area contributed by atoms with Gasteiger partial charge in [0.1, 0.15) is 0 Å². The molecule has 1 atom stereocenters. The van der Waals surface area contributed by atoms with Gasteiger partial charge in [0.2, 0.25) is 6.10 Å². The van der Waals surface area contributed by atoms with Crippen LogP contribution in [0.3, 0.4) is 0 Å². The van der Waals surface area contributed by atoms with Gasteiger partial charge in [0, 0.05) is 5.56 Å². The van der Waals surface area contributed by atoms with E-state index < -0.39 is 12.1 Å². The highest BCUT2D eigenvalue weighted by atomic mass is 16.6. The van der Waals surface area contributed by atoms with E-state index in [0.29, 0.717) is 17.1 Å². The largest absolute Gasteiger partial charge is 0.493 e. The van der Waals surface area contributed by atoms with Gasteiger partial charge in [0.05, 0.1) is 20.4 Å². The fraction of sp³-hybridized carbons (Fsp3) is 0.176. The average molecular weight is 314 g/mol. The van der Waals surface area contributed by atoms with Crippen molar-refractivity contribution in [3.63, 3.8) is 0 Å². The molecule has 0 radical (unpaired) electrons. The van der Waals surface area contributed by atoms with E-state index in [2.05, 4.69) is 5.10 Å². The van der Waals surface area contributed by atoms with Gasteiger partial charge in [-0.2, -0.15) is 5.10 Å². The third kappa shape index (κ3) is 4.00. The van der Waals surface area contributed by atoms with Crippen LogP contribution in [0.1, 0.15) is 17.2 Å². The van der Waals surface area contributed by atoms with Crippen LogP contribution in [0, 0.1) is 0 Å². The number of benzene rings is 2. The van der Waals surface area contributed by atoms with Crippen molar-refractivity contribution in [1.29, 1.82) is 0 Å². The molecule has 2 aromatic carbocycles. The van der Waals surface area contributed by atoms with Gasteiger partial charge in [0.15, 0.2) is 11.5 Å². The minimum absolute atomic E-state index is 0.393. The van der Waals surface area contributed by atoms with Crippen LogP contribution in [0.25, 0.3) is 0 Å². The Hall–Kier alpha value is -3.02. The minimum atomic E-state index is -0.903. The number of hydrogen-bond donors (Lipinski definition) is 1. The normalized spacial score (nSPS) is 11.9. The van der Waals surface area contributed by atoms with Crippen molar-refractivity contribution in [2.75, 3.05) is 14.2 Å².